The number of hydrogen-bond acceptors (Lipinski definition) is 3. The number of hydrogen-bond donors (Lipinski definition) is 1. The number of carbonyl (C=O) groups excluding carboxylic acids is 1. The standard InChI is InChI=1S/C21H18ClNO3/c22-19-8-4-5-9-20(19)23-21(24)16-10-12-18(13-11-16)26-15-14-25-17-6-2-1-3-7-17/h1-13H,14-15H2,(H,23,24). The number of rotatable bonds is 7. The van der Waals surface area contributed by atoms with Gasteiger partial charge in [0.25, 0.3) is 5.91 Å². The average Bonchev–Trinajstić information content (AvgIpc) is 2.68. The lowest BCUT2D eigenvalue weighted by Gasteiger charge is -2.10. The first-order valence-electron chi connectivity index (χ1n) is 8.19. The molecule has 3 aromatic carbocycles. The molecule has 0 spiro atoms. The van der Waals surface area contributed by atoms with Crippen LogP contribution in [-0.2, 0) is 0 Å². The number of benzene rings is 3. The Morgan fingerprint density at radius 1 is 0.769 bits per heavy atom. The maximum Gasteiger partial charge on any atom is 0.255 e. The Hall–Kier alpha value is -2.98. The Morgan fingerprint density at radius 3 is 2.00 bits per heavy atom. The molecular formula is C21H18ClNO3. The highest BCUT2D eigenvalue weighted by Crippen LogP contribution is 2.21. The van der Waals surface area contributed by atoms with Gasteiger partial charge in [-0.25, -0.2) is 0 Å². The van der Waals surface area contributed by atoms with Crippen LogP contribution in [0.5, 0.6) is 11.5 Å². The number of amides is 1. The molecule has 132 valence electrons. The van der Waals surface area contributed by atoms with E-state index in [4.69, 9.17) is 21.1 Å². The van der Waals surface area contributed by atoms with Crippen LogP contribution in [0.4, 0.5) is 5.69 Å². The predicted octanol–water partition coefficient (Wildman–Crippen LogP) is 5.05. The molecule has 3 rings (SSSR count). The van der Waals surface area contributed by atoms with E-state index in [1.54, 1.807) is 36.4 Å². The minimum absolute atomic E-state index is 0.225. The molecule has 26 heavy (non-hydrogen) atoms. The van der Waals surface area contributed by atoms with Gasteiger partial charge in [0, 0.05) is 5.56 Å². The van der Waals surface area contributed by atoms with Crippen molar-refractivity contribution in [3.8, 4) is 11.5 Å². The van der Waals surface area contributed by atoms with E-state index in [0.29, 0.717) is 35.2 Å². The van der Waals surface area contributed by atoms with E-state index >= 15 is 0 Å². The molecule has 1 N–H and O–H groups in total. The molecule has 0 saturated heterocycles. The van der Waals surface area contributed by atoms with Crippen molar-refractivity contribution >= 4 is 23.2 Å². The minimum atomic E-state index is -0.225. The smallest absolute Gasteiger partial charge is 0.255 e. The molecule has 0 aliphatic carbocycles. The number of anilines is 1. The summed E-state index contributed by atoms with van der Waals surface area (Å²) in [4.78, 5) is 12.3. The first-order chi connectivity index (χ1) is 12.7. The summed E-state index contributed by atoms with van der Waals surface area (Å²) < 4.78 is 11.2. The summed E-state index contributed by atoms with van der Waals surface area (Å²) in [5.41, 5.74) is 1.11. The fourth-order valence-corrected chi connectivity index (χ4v) is 2.48. The third-order valence-electron chi connectivity index (χ3n) is 3.60. The van der Waals surface area contributed by atoms with E-state index in [1.165, 1.54) is 0 Å². The fourth-order valence-electron chi connectivity index (χ4n) is 2.30. The topological polar surface area (TPSA) is 47.6 Å². The van der Waals surface area contributed by atoms with E-state index in [0.717, 1.165) is 5.75 Å². The number of halogens is 1. The van der Waals surface area contributed by atoms with Crippen LogP contribution in [-0.4, -0.2) is 19.1 Å². The second kappa shape index (κ2) is 8.92. The normalized spacial score (nSPS) is 10.2. The summed E-state index contributed by atoms with van der Waals surface area (Å²) in [5.74, 6) is 1.26. The molecule has 4 nitrogen and oxygen atoms in total. The first-order valence-corrected chi connectivity index (χ1v) is 8.57. The predicted molar refractivity (Wildman–Crippen MR) is 103 cm³/mol. The van der Waals surface area contributed by atoms with Crippen LogP contribution in [0.1, 0.15) is 10.4 Å². The monoisotopic (exact) mass is 367 g/mol. The second-order valence-corrected chi connectivity index (χ2v) is 5.88. The van der Waals surface area contributed by atoms with E-state index in [9.17, 15) is 4.79 Å². The summed E-state index contributed by atoms with van der Waals surface area (Å²) >= 11 is 6.05. The lowest BCUT2D eigenvalue weighted by atomic mass is 10.2. The molecular weight excluding hydrogens is 350 g/mol. The molecule has 0 radical (unpaired) electrons. The van der Waals surface area contributed by atoms with Gasteiger partial charge in [-0.05, 0) is 48.5 Å². The lowest BCUT2D eigenvalue weighted by molar-refractivity contribution is 0.102. The Balaban J connectivity index is 1.48. The quantitative estimate of drug-likeness (QED) is 0.594. The third kappa shape index (κ3) is 5.01. The lowest BCUT2D eigenvalue weighted by Crippen LogP contribution is -2.12. The molecule has 0 aliphatic heterocycles. The van der Waals surface area contributed by atoms with Crippen molar-refractivity contribution in [1.29, 1.82) is 0 Å². The molecule has 1 amide bonds. The van der Waals surface area contributed by atoms with Gasteiger partial charge >= 0.3 is 0 Å². The van der Waals surface area contributed by atoms with Crippen LogP contribution in [0.3, 0.4) is 0 Å². The van der Waals surface area contributed by atoms with E-state index in [1.807, 2.05) is 42.5 Å². The highest BCUT2D eigenvalue weighted by molar-refractivity contribution is 6.33. The number of carbonyl (C=O) groups is 1. The zero-order chi connectivity index (χ0) is 18.2. The molecule has 0 bridgehead atoms. The molecule has 0 unspecified atom stereocenters. The molecule has 5 heteroatoms. The number of ether oxygens (including phenoxy) is 2. The largest absolute Gasteiger partial charge is 0.490 e. The summed E-state index contributed by atoms with van der Waals surface area (Å²) in [7, 11) is 0. The maximum atomic E-state index is 12.3. The highest BCUT2D eigenvalue weighted by atomic mass is 35.5. The maximum absolute atomic E-state index is 12.3. The zero-order valence-electron chi connectivity index (χ0n) is 14.0. The first kappa shape index (κ1) is 17.8. The molecule has 0 fully saturated rings. The zero-order valence-corrected chi connectivity index (χ0v) is 14.8. The van der Waals surface area contributed by atoms with Crippen LogP contribution in [0, 0.1) is 0 Å². The van der Waals surface area contributed by atoms with Crippen molar-refractivity contribution in [3.63, 3.8) is 0 Å². The molecule has 0 heterocycles. The molecule has 0 aromatic heterocycles. The number of nitrogens with one attached hydrogen (secondary N) is 1. The van der Waals surface area contributed by atoms with E-state index in [2.05, 4.69) is 5.32 Å². The molecule has 0 aliphatic rings. The van der Waals surface area contributed by atoms with Gasteiger partial charge in [0.1, 0.15) is 24.7 Å². The highest BCUT2D eigenvalue weighted by Gasteiger charge is 2.08. The Kier molecular flexibility index (Phi) is 6.12. The van der Waals surface area contributed by atoms with Crippen LogP contribution >= 0.6 is 11.6 Å². The van der Waals surface area contributed by atoms with Crippen LogP contribution < -0.4 is 14.8 Å². The summed E-state index contributed by atoms with van der Waals surface area (Å²) in [6.45, 7) is 0.860. The summed E-state index contributed by atoms with van der Waals surface area (Å²) in [6, 6.07) is 23.6. The third-order valence-corrected chi connectivity index (χ3v) is 3.93. The Labute approximate surface area is 157 Å². The van der Waals surface area contributed by atoms with Gasteiger partial charge in [-0.15, -0.1) is 0 Å². The van der Waals surface area contributed by atoms with Gasteiger partial charge in [0.05, 0.1) is 10.7 Å². The van der Waals surface area contributed by atoms with Gasteiger partial charge in [-0.2, -0.15) is 0 Å². The summed E-state index contributed by atoms with van der Waals surface area (Å²) in [6.07, 6.45) is 0. The van der Waals surface area contributed by atoms with E-state index in [-0.39, 0.29) is 5.91 Å². The van der Waals surface area contributed by atoms with E-state index < -0.39 is 0 Å². The van der Waals surface area contributed by atoms with Crippen LogP contribution in [0.25, 0.3) is 0 Å². The van der Waals surface area contributed by atoms with Gasteiger partial charge in [-0.3, -0.25) is 4.79 Å². The second-order valence-electron chi connectivity index (χ2n) is 5.47. The Bertz CT molecular complexity index is 851. The van der Waals surface area contributed by atoms with Crippen molar-refractivity contribution in [2.75, 3.05) is 18.5 Å². The van der Waals surface area contributed by atoms with Crippen molar-refractivity contribution in [2.24, 2.45) is 0 Å². The summed E-state index contributed by atoms with van der Waals surface area (Å²) in [5, 5.41) is 3.28. The fraction of sp³-hybridized carbons (Fsp3) is 0.0952. The van der Waals surface area contributed by atoms with Gasteiger partial charge in [-0.1, -0.05) is 41.9 Å². The van der Waals surface area contributed by atoms with Crippen molar-refractivity contribution < 1.29 is 14.3 Å². The SMILES string of the molecule is O=C(Nc1ccccc1Cl)c1ccc(OCCOc2ccccc2)cc1. The number of para-hydroxylation sites is 2. The van der Waals surface area contributed by atoms with Crippen molar-refractivity contribution in [2.45, 2.75) is 0 Å². The molecule has 3 aromatic rings. The van der Waals surface area contributed by atoms with Crippen molar-refractivity contribution in [1.82, 2.24) is 0 Å². The van der Waals surface area contributed by atoms with Gasteiger partial charge in [0.2, 0.25) is 0 Å². The molecule has 0 atom stereocenters. The van der Waals surface area contributed by atoms with Crippen LogP contribution in [0.15, 0.2) is 78.9 Å². The average molecular weight is 368 g/mol. The minimum Gasteiger partial charge on any atom is -0.490 e. The van der Waals surface area contributed by atoms with Crippen LogP contribution in [0.2, 0.25) is 5.02 Å². The molecule has 0 saturated carbocycles. The Morgan fingerprint density at radius 2 is 1.35 bits per heavy atom. The van der Waals surface area contributed by atoms with Gasteiger partial charge in [0.15, 0.2) is 0 Å². The van der Waals surface area contributed by atoms with Crippen molar-refractivity contribution in [3.05, 3.63) is 89.4 Å². The van der Waals surface area contributed by atoms with Gasteiger partial charge < -0.3 is 14.8 Å².